The summed E-state index contributed by atoms with van der Waals surface area (Å²) in [5.41, 5.74) is 0.352. The second-order valence-electron chi connectivity index (χ2n) is 7.63. The number of aliphatic hydroxyl groups excluding tert-OH is 1. The SMILES string of the molecule is CN1[C@@H]2CN(C(=O)c3cnccn3)C[C@@H]3CC[C@H]1[C@](C)(C2)[C@@H]3O. The lowest BCUT2D eigenvalue weighted by Crippen LogP contribution is -2.53. The molecule has 1 aliphatic carbocycles. The van der Waals surface area contributed by atoms with Crippen molar-refractivity contribution in [3.63, 3.8) is 0 Å². The van der Waals surface area contributed by atoms with Crippen LogP contribution in [-0.4, -0.2) is 69.1 Å². The molecule has 0 spiro atoms. The fourth-order valence-corrected chi connectivity index (χ4v) is 5.16. The standard InChI is InChI=1S/C17H24N4O2/c1-17-7-12-10-21(16(23)13-8-18-5-6-19-13)9-11(15(17)22)3-4-14(17)20(12)2/h5-6,8,11-12,14-15,22H,3-4,7,9-10H2,1-2H3/t11-,12-,14-,15+,17-/m0/s1. The minimum Gasteiger partial charge on any atom is -0.392 e. The normalized spacial score (nSPS) is 40.0. The topological polar surface area (TPSA) is 69.6 Å². The molecule has 23 heavy (non-hydrogen) atoms. The molecule has 0 aromatic carbocycles. The molecule has 1 amide bonds. The summed E-state index contributed by atoms with van der Waals surface area (Å²) in [7, 11) is 2.14. The number of fused-ring (bicyclic) bond motifs is 2. The molecule has 1 saturated carbocycles. The van der Waals surface area contributed by atoms with E-state index in [9.17, 15) is 9.90 Å². The molecule has 3 heterocycles. The van der Waals surface area contributed by atoms with Crippen molar-refractivity contribution >= 4 is 5.91 Å². The van der Waals surface area contributed by atoms with Gasteiger partial charge in [-0.3, -0.25) is 14.7 Å². The zero-order valence-electron chi connectivity index (χ0n) is 13.7. The van der Waals surface area contributed by atoms with Crippen LogP contribution in [0, 0.1) is 11.3 Å². The predicted octanol–water partition coefficient (Wildman–Crippen LogP) is 0.782. The van der Waals surface area contributed by atoms with Gasteiger partial charge in [0.05, 0.1) is 12.3 Å². The number of hydrogen-bond acceptors (Lipinski definition) is 5. The zero-order valence-corrected chi connectivity index (χ0v) is 13.7. The van der Waals surface area contributed by atoms with Gasteiger partial charge in [0.2, 0.25) is 0 Å². The van der Waals surface area contributed by atoms with E-state index in [1.165, 1.54) is 6.20 Å². The quantitative estimate of drug-likeness (QED) is 0.829. The zero-order chi connectivity index (χ0) is 16.2. The van der Waals surface area contributed by atoms with E-state index < -0.39 is 0 Å². The third kappa shape index (κ3) is 2.19. The molecule has 2 aliphatic heterocycles. The van der Waals surface area contributed by atoms with Gasteiger partial charge in [0.1, 0.15) is 5.69 Å². The third-order valence-corrected chi connectivity index (χ3v) is 6.39. The summed E-state index contributed by atoms with van der Waals surface area (Å²) in [6.07, 6.45) is 7.35. The van der Waals surface area contributed by atoms with Crippen LogP contribution in [0.1, 0.15) is 36.7 Å². The molecule has 0 radical (unpaired) electrons. The van der Waals surface area contributed by atoms with Crippen molar-refractivity contribution in [1.82, 2.24) is 19.8 Å². The van der Waals surface area contributed by atoms with Crippen molar-refractivity contribution in [3.05, 3.63) is 24.3 Å². The van der Waals surface area contributed by atoms with E-state index in [-0.39, 0.29) is 23.3 Å². The van der Waals surface area contributed by atoms with E-state index in [4.69, 9.17) is 0 Å². The Morgan fingerprint density at radius 3 is 2.91 bits per heavy atom. The Labute approximate surface area is 136 Å². The molecule has 0 unspecified atom stereocenters. The number of carbonyl (C=O) groups excluding carboxylic acids is 1. The van der Waals surface area contributed by atoms with Crippen LogP contribution in [0.2, 0.25) is 0 Å². The van der Waals surface area contributed by atoms with Gasteiger partial charge in [-0.25, -0.2) is 4.98 Å². The van der Waals surface area contributed by atoms with Gasteiger partial charge in [-0.15, -0.1) is 0 Å². The number of aromatic nitrogens is 2. The fourth-order valence-electron chi connectivity index (χ4n) is 5.16. The lowest BCUT2D eigenvalue weighted by molar-refractivity contribution is -0.0661. The number of rotatable bonds is 1. The van der Waals surface area contributed by atoms with Crippen molar-refractivity contribution in [1.29, 1.82) is 0 Å². The average Bonchev–Trinajstić information content (AvgIpc) is 2.85. The molecule has 2 saturated heterocycles. The van der Waals surface area contributed by atoms with Crippen LogP contribution in [-0.2, 0) is 0 Å². The van der Waals surface area contributed by atoms with Crippen molar-refractivity contribution in [2.45, 2.75) is 44.4 Å². The van der Waals surface area contributed by atoms with Crippen LogP contribution in [0.15, 0.2) is 18.6 Å². The van der Waals surface area contributed by atoms with Gasteiger partial charge >= 0.3 is 0 Å². The van der Waals surface area contributed by atoms with Gasteiger partial charge in [-0.2, -0.15) is 0 Å². The van der Waals surface area contributed by atoms with Crippen LogP contribution in [0.4, 0.5) is 0 Å². The van der Waals surface area contributed by atoms with E-state index in [0.29, 0.717) is 30.9 Å². The van der Waals surface area contributed by atoms with Crippen molar-refractivity contribution in [3.8, 4) is 0 Å². The van der Waals surface area contributed by atoms with Gasteiger partial charge in [-0.1, -0.05) is 6.92 Å². The summed E-state index contributed by atoms with van der Waals surface area (Å²) in [6.45, 7) is 3.55. The van der Waals surface area contributed by atoms with Crippen LogP contribution in [0.25, 0.3) is 0 Å². The molecular weight excluding hydrogens is 292 g/mol. The Morgan fingerprint density at radius 2 is 2.17 bits per heavy atom. The minimum absolute atomic E-state index is 0.0377. The van der Waals surface area contributed by atoms with Crippen molar-refractivity contribution < 1.29 is 9.90 Å². The number of hydrogen-bond donors (Lipinski definition) is 1. The molecule has 124 valence electrons. The molecule has 4 rings (SSSR count). The summed E-state index contributed by atoms with van der Waals surface area (Å²) < 4.78 is 0. The molecule has 6 heteroatoms. The highest BCUT2D eigenvalue weighted by Crippen LogP contribution is 2.52. The predicted molar refractivity (Wildman–Crippen MR) is 84.7 cm³/mol. The molecule has 6 nitrogen and oxygen atoms in total. The maximum Gasteiger partial charge on any atom is 0.274 e. The number of nitrogens with zero attached hydrogens (tertiary/aromatic N) is 4. The summed E-state index contributed by atoms with van der Waals surface area (Å²) in [6, 6.07) is 0.727. The third-order valence-electron chi connectivity index (χ3n) is 6.39. The van der Waals surface area contributed by atoms with Crippen molar-refractivity contribution in [2.24, 2.45) is 11.3 Å². The molecule has 1 aromatic rings. The molecule has 1 N–H and O–H groups in total. The average molecular weight is 316 g/mol. The number of aliphatic hydroxyl groups is 1. The van der Waals surface area contributed by atoms with Crippen LogP contribution < -0.4 is 0 Å². The van der Waals surface area contributed by atoms with E-state index in [1.807, 2.05) is 4.90 Å². The molecule has 3 aliphatic rings. The van der Waals surface area contributed by atoms with Crippen molar-refractivity contribution in [2.75, 3.05) is 20.1 Å². The summed E-state index contributed by atoms with van der Waals surface area (Å²) in [5, 5.41) is 10.9. The van der Waals surface area contributed by atoms with Gasteiger partial charge < -0.3 is 10.0 Å². The first-order chi connectivity index (χ1) is 11.0. The second-order valence-corrected chi connectivity index (χ2v) is 7.63. The molecule has 5 atom stereocenters. The Hall–Kier alpha value is -1.53. The monoisotopic (exact) mass is 316 g/mol. The van der Waals surface area contributed by atoms with E-state index >= 15 is 0 Å². The van der Waals surface area contributed by atoms with Crippen LogP contribution in [0.5, 0.6) is 0 Å². The Balaban J connectivity index is 1.66. The van der Waals surface area contributed by atoms with E-state index in [2.05, 4.69) is 28.8 Å². The largest absolute Gasteiger partial charge is 0.392 e. The van der Waals surface area contributed by atoms with Crippen LogP contribution >= 0.6 is 0 Å². The summed E-state index contributed by atoms with van der Waals surface area (Å²) in [4.78, 5) is 25.3. The van der Waals surface area contributed by atoms with Crippen LogP contribution in [0.3, 0.4) is 0 Å². The smallest absolute Gasteiger partial charge is 0.274 e. The molecule has 1 aromatic heterocycles. The molecule has 3 fully saturated rings. The van der Waals surface area contributed by atoms with Gasteiger partial charge in [0.25, 0.3) is 5.91 Å². The van der Waals surface area contributed by atoms with Gasteiger partial charge in [0.15, 0.2) is 0 Å². The maximum atomic E-state index is 12.8. The summed E-state index contributed by atoms with van der Waals surface area (Å²) >= 11 is 0. The first-order valence-corrected chi connectivity index (χ1v) is 8.46. The highest BCUT2D eigenvalue weighted by atomic mass is 16.3. The number of likely N-dealkylation sites (tertiary alicyclic amines) is 2. The highest BCUT2D eigenvalue weighted by molar-refractivity contribution is 5.92. The fraction of sp³-hybridized carbons (Fsp3) is 0.706. The Morgan fingerprint density at radius 1 is 1.35 bits per heavy atom. The number of amides is 1. The first kappa shape index (κ1) is 15.0. The number of likely N-dealkylation sites (N-methyl/N-ethyl adjacent to an activating group) is 1. The summed E-state index contributed by atoms with van der Waals surface area (Å²) in [5.74, 6) is 0.0852. The molecule has 3 bridgehead atoms. The lowest BCUT2D eigenvalue weighted by Gasteiger charge is -2.47. The maximum absolute atomic E-state index is 12.8. The Bertz CT molecular complexity index is 608. The highest BCUT2D eigenvalue weighted by Gasteiger charge is 2.57. The van der Waals surface area contributed by atoms with Gasteiger partial charge in [-0.05, 0) is 26.3 Å². The van der Waals surface area contributed by atoms with Gasteiger partial charge in [0, 0.05) is 48.9 Å². The minimum atomic E-state index is -0.342. The van der Waals surface area contributed by atoms with E-state index in [0.717, 1.165) is 19.3 Å². The van der Waals surface area contributed by atoms with E-state index in [1.54, 1.807) is 12.4 Å². The second kappa shape index (κ2) is 5.24. The lowest BCUT2D eigenvalue weighted by atomic mass is 9.64. The Kier molecular flexibility index (Phi) is 3.43. The first-order valence-electron chi connectivity index (χ1n) is 8.46. The number of carbonyl (C=O) groups is 1. The molecular formula is C17H24N4O2.